The van der Waals surface area contributed by atoms with Crippen molar-refractivity contribution >= 4 is 29.1 Å². The molecular formula is C63H93N3O19. The maximum Gasteiger partial charge on any atom is 0.308 e. The second kappa shape index (κ2) is 35.6. The Kier molecular flexibility index (Phi) is 29.6. The van der Waals surface area contributed by atoms with Crippen molar-refractivity contribution in [2.75, 3.05) is 38.7 Å². The Morgan fingerprint density at radius 2 is 1.29 bits per heavy atom. The molecule has 4 heterocycles. The van der Waals surface area contributed by atoms with E-state index in [4.69, 9.17) is 29.4 Å². The van der Waals surface area contributed by atoms with E-state index in [1.807, 2.05) is 19.9 Å². The van der Waals surface area contributed by atoms with Crippen molar-refractivity contribution in [3.8, 4) is 0 Å². The highest BCUT2D eigenvalue weighted by molar-refractivity contribution is 5.96. The molecule has 3 saturated heterocycles. The van der Waals surface area contributed by atoms with Gasteiger partial charge in [0.2, 0.25) is 5.91 Å². The van der Waals surface area contributed by atoms with Gasteiger partial charge in [0.25, 0.3) is 0 Å². The molecule has 0 spiro atoms. The highest BCUT2D eigenvalue weighted by Crippen LogP contribution is 2.39. The summed E-state index contributed by atoms with van der Waals surface area (Å²) >= 11 is 0. The van der Waals surface area contributed by atoms with Crippen LogP contribution in [0.5, 0.6) is 0 Å². The lowest BCUT2D eigenvalue weighted by Gasteiger charge is -2.47. The fraction of sp³-hybridized carbons (Fsp3) is 0.619. The molecule has 0 aliphatic carbocycles. The number of cyclic esters (lactones) is 1. The summed E-state index contributed by atoms with van der Waals surface area (Å²) in [6, 6.07) is 5.78. The number of aliphatic hydroxyl groups excluding tert-OH is 9. The number of fused-ring (bicyclic) bond motifs is 2. The summed E-state index contributed by atoms with van der Waals surface area (Å²) in [5.74, 6) is -6.32. The van der Waals surface area contributed by atoms with Crippen molar-refractivity contribution in [1.29, 1.82) is 0 Å². The first-order valence-corrected chi connectivity index (χ1v) is 29.6. The predicted octanol–water partition coefficient (Wildman–Crippen LogP) is 2.52. The third-order valence-electron chi connectivity index (χ3n) is 15.7. The number of carbonyl (C=O) groups excluding carboxylic acids is 4. The number of anilines is 1. The first-order chi connectivity index (χ1) is 40.4. The quantitative estimate of drug-likeness (QED) is 0.112. The molecule has 1 aromatic carbocycles. The average Bonchev–Trinajstić information content (AvgIpc) is 1.91. The molecule has 1 amide bonds. The van der Waals surface area contributed by atoms with Crippen molar-refractivity contribution in [3.05, 3.63) is 115 Å². The zero-order chi connectivity index (χ0) is 62.2. The highest BCUT2D eigenvalue weighted by atomic mass is 16.7. The monoisotopic (exact) mass is 1200 g/mol. The molecule has 5 rings (SSSR count). The second-order valence-electron chi connectivity index (χ2n) is 23.0. The fourth-order valence-electron chi connectivity index (χ4n) is 11.1. The van der Waals surface area contributed by atoms with Crippen LogP contribution < -0.4 is 11.1 Å². The van der Waals surface area contributed by atoms with E-state index in [-0.39, 0.29) is 76.0 Å². The highest BCUT2D eigenvalue weighted by Gasteiger charge is 2.52. The number of allylic oxidation sites excluding steroid dienone is 12. The van der Waals surface area contributed by atoms with Crippen molar-refractivity contribution in [1.82, 2.24) is 4.90 Å². The zero-order valence-corrected chi connectivity index (χ0v) is 49.3. The molecule has 3 fully saturated rings. The van der Waals surface area contributed by atoms with Crippen LogP contribution in [0, 0.1) is 17.8 Å². The molecule has 0 radical (unpaired) electrons. The van der Waals surface area contributed by atoms with E-state index in [0.717, 1.165) is 5.69 Å². The van der Waals surface area contributed by atoms with Gasteiger partial charge in [-0.15, -0.1) is 0 Å². The van der Waals surface area contributed by atoms with Crippen LogP contribution in [-0.4, -0.2) is 210 Å². The van der Waals surface area contributed by atoms with E-state index in [0.29, 0.717) is 12.0 Å². The molecular weight excluding hydrogens is 1100 g/mol. The Labute approximate surface area is 498 Å². The molecule has 85 heavy (non-hydrogen) atoms. The topological polar surface area (TPSA) is 358 Å². The molecule has 4 aliphatic rings. The number of nitrogens with one attached hydrogen (secondary N) is 1. The largest absolute Gasteiger partial charge is 0.461 e. The number of benzene rings is 1. The predicted molar refractivity (Wildman–Crippen MR) is 315 cm³/mol. The summed E-state index contributed by atoms with van der Waals surface area (Å²) in [5.41, 5.74) is 7.45. The number of carbonyl (C=O) groups is 4. The Morgan fingerprint density at radius 1 is 0.729 bits per heavy atom. The van der Waals surface area contributed by atoms with Crippen LogP contribution in [0.2, 0.25) is 0 Å². The summed E-state index contributed by atoms with van der Waals surface area (Å²) in [6.07, 6.45) is 3.42. The Morgan fingerprint density at radius 3 is 1.91 bits per heavy atom. The van der Waals surface area contributed by atoms with E-state index in [2.05, 4.69) is 5.32 Å². The lowest BCUT2D eigenvalue weighted by atomic mass is 9.81. The van der Waals surface area contributed by atoms with Crippen LogP contribution in [0.4, 0.5) is 5.69 Å². The molecule has 474 valence electrons. The molecule has 4 aliphatic heterocycles. The van der Waals surface area contributed by atoms with Crippen molar-refractivity contribution < 1.29 is 93.9 Å². The van der Waals surface area contributed by atoms with Crippen LogP contribution in [0.15, 0.2) is 109 Å². The standard InChI is InChI=1S/C63H93N3O19/c1-39-17-15-13-11-9-7-5-6-8-10-12-14-16-18-51(83-62-59(78)57(64)58(77)41(3)82-62)36-54-56(61(79)66-25-27-81-28-26-66)53(75)38-63(80,85-54)37-50(73)33-48(71)31-46(69)29-45(68)30-47(70)32-49(72)35-55(76)84-60(39)40(2)19-24-44(67)34-52(74)42-20-22-43(65-4)23-21-42/h5-18,20-23,39-41,44-46,48-51,53-54,56-60,62,65,67-69,71-73,75,77-78,80H,19,24-38,64H2,1-4H3/t39?,40?,41-,44?,45?,46?,48?,49?,50?,51?,53?,54?,56?,57+,58-,59+,60?,62+,63?/m1/s1. The van der Waals surface area contributed by atoms with Gasteiger partial charge in [0.05, 0.1) is 98.7 Å². The van der Waals surface area contributed by atoms with Gasteiger partial charge in [-0.1, -0.05) is 98.9 Å². The Balaban J connectivity index is 1.35. The normalized spacial score (nSPS) is 35.0. The van der Waals surface area contributed by atoms with E-state index in [1.54, 1.807) is 117 Å². The van der Waals surface area contributed by atoms with E-state index in [9.17, 15) is 70.2 Å². The van der Waals surface area contributed by atoms with E-state index in [1.165, 1.54) is 4.90 Å². The van der Waals surface area contributed by atoms with Crippen LogP contribution in [-0.2, 0) is 38.1 Å². The van der Waals surface area contributed by atoms with E-state index >= 15 is 0 Å². The minimum absolute atomic E-state index is 0.102. The van der Waals surface area contributed by atoms with Gasteiger partial charge in [-0.25, -0.2) is 0 Å². The third-order valence-corrected chi connectivity index (χ3v) is 15.7. The summed E-state index contributed by atoms with van der Waals surface area (Å²) in [6.45, 7) is 6.24. The zero-order valence-electron chi connectivity index (χ0n) is 49.3. The van der Waals surface area contributed by atoms with Gasteiger partial charge in [-0.05, 0) is 69.2 Å². The lowest BCUT2D eigenvalue weighted by Crippen LogP contribution is -2.62. The number of morpholine rings is 1. The Bertz CT molecular complexity index is 2440. The molecule has 19 atom stereocenters. The maximum atomic E-state index is 14.2. The molecule has 0 saturated carbocycles. The summed E-state index contributed by atoms with van der Waals surface area (Å²) in [4.78, 5) is 55.1. The number of amides is 1. The number of rotatable bonds is 11. The molecule has 13 N–H and O–H groups in total. The first-order valence-electron chi connectivity index (χ1n) is 29.6. The fourth-order valence-corrected chi connectivity index (χ4v) is 11.1. The molecule has 2 bridgehead atoms. The second-order valence-corrected chi connectivity index (χ2v) is 23.0. The number of esters is 1. The minimum Gasteiger partial charge on any atom is -0.461 e. The number of hydrogen-bond donors (Lipinski definition) is 12. The average molecular weight is 1200 g/mol. The number of ether oxygens (including phenoxy) is 5. The van der Waals surface area contributed by atoms with Gasteiger partial charge in [-0.2, -0.15) is 0 Å². The molecule has 0 aromatic heterocycles. The molecule has 14 unspecified atom stereocenters. The third kappa shape index (κ3) is 23.8. The summed E-state index contributed by atoms with van der Waals surface area (Å²) < 4.78 is 29.8. The summed E-state index contributed by atoms with van der Waals surface area (Å²) in [7, 11) is 1.77. The van der Waals surface area contributed by atoms with Crippen LogP contribution in [0.25, 0.3) is 0 Å². The number of ketones is 2. The molecule has 1 aromatic rings. The SMILES string of the molecule is CNc1ccc(C(=O)CC(O)CCC(C)C2OC(=O)CC(O)CC(=O)CC(O)CC(O)CC(O)CC(O)CC3(O)CC(O)C(C(=O)N4CCOCC4)C(CC(O[C@@H]4O[C@H](C)[C@@H](O)[C@H](N)[C@@H]4O)C=CC=CC=CC=CC=CC=CC=CC2C)O3)cc1. The van der Waals surface area contributed by atoms with Gasteiger partial charge in [0.15, 0.2) is 17.9 Å². The van der Waals surface area contributed by atoms with Gasteiger partial charge < -0.3 is 90.7 Å². The van der Waals surface area contributed by atoms with Gasteiger partial charge in [0, 0.05) is 75.8 Å². The lowest BCUT2D eigenvalue weighted by molar-refractivity contribution is -0.308. The smallest absolute Gasteiger partial charge is 0.308 e. The number of hydrogen-bond acceptors (Lipinski definition) is 21. The minimum atomic E-state index is -2.28. The number of nitrogens with zero attached hydrogens (tertiary/aromatic N) is 1. The van der Waals surface area contributed by atoms with Gasteiger partial charge >= 0.3 is 5.97 Å². The summed E-state index contributed by atoms with van der Waals surface area (Å²) in [5, 5.41) is 114. The first kappa shape index (κ1) is 70.6. The molecule has 22 nitrogen and oxygen atoms in total. The van der Waals surface area contributed by atoms with Crippen LogP contribution in [0.3, 0.4) is 0 Å². The van der Waals surface area contributed by atoms with Crippen molar-refractivity contribution in [2.24, 2.45) is 23.5 Å². The number of aliphatic hydroxyl groups is 10. The van der Waals surface area contributed by atoms with Gasteiger partial charge in [0.1, 0.15) is 18.0 Å². The van der Waals surface area contributed by atoms with Crippen molar-refractivity contribution in [2.45, 2.75) is 195 Å². The van der Waals surface area contributed by atoms with Gasteiger partial charge in [-0.3, -0.25) is 19.2 Å². The van der Waals surface area contributed by atoms with E-state index < -0.39 is 160 Å². The van der Waals surface area contributed by atoms with Crippen molar-refractivity contribution in [3.63, 3.8) is 0 Å². The number of Topliss-reactive ketones (excluding diaryl/α,β-unsaturated/α-hetero) is 2. The molecule has 22 heteroatoms. The maximum absolute atomic E-state index is 14.2. The number of nitrogens with two attached hydrogens (primary N) is 1. The Hall–Kier alpha value is -5.12. The van der Waals surface area contributed by atoms with Crippen LogP contribution in [0.1, 0.15) is 108 Å². The van der Waals surface area contributed by atoms with Crippen LogP contribution >= 0.6 is 0 Å².